The monoisotopic (exact) mass is 435 g/mol. The zero-order valence-corrected chi connectivity index (χ0v) is 15.7. The number of nitrogens with one attached hydrogen (secondary N) is 1. The van der Waals surface area contributed by atoms with E-state index in [-0.39, 0.29) is 17.6 Å². The van der Waals surface area contributed by atoms with Crippen LogP contribution in [-0.4, -0.2) is 13.7 Å². The predicted molar refractivity (Wildman–Crippen MR) is 92.8 cm³/mol. The molecule has 2 rings (SSSR count). The van der Waals surface area contributed by atoms with Crippen molar-refractivity contribution in [2.75, 3.05) is 13.7 Å². The summed E-state index contributed by atoms with van der Waals surface area (Å²) in [6.45, 7) is 2.87. The third-order valence-corrected chi connectivity index (χ3v) is 6.52. The summed E-state index contributed by atoms with van der Waals surface area (Å²) >= 11 is 8.66. The summed E-state index contributed by atoms with van der Waals surface area (Å²) in [6.07, 6.45) is 0.580. The molecular formula is C15H16Br2FNOS. The smallest absolute Gasteiger partial charge is 0.168 e. The molecule has 6 heteroatoms. The maximum Gasteiger partial charge on any atom is 0.168 e. The molecule has 1 aromatic carbocycles. The van der Waals surface area contributed by atoms with Gasteiger partial charge in [0.25, 0.3) is 0 Å². The summed E-state index contributed by atoms with van der Waals surface area (Å²) in [5.74, 6) is 0.00822. The molecule has 0 fully saturated rings. The van der Waals surface area contributed by atoms with Gasteiger partial charge in [0, 0.05) is 15.4 Å². The number of thiophene rings is 1. The molecule has 0 saturated heterocycles. The molecule has 1 unspecified atom stereocenters. The Hall–Kier alpha value is -0.430. The number of benzene rings is 1. The average molecular weight is 437 g/mol. The quantitative estimate of drug-likeness (QED) is 0.662. The first kappa shape index (κ1) is 16.9. The van der Waals surface area contributed by atoms with Gasteiger partial charge in [-0.25, -0.2) is 4.39 Å². The molecule has 0 bridgehead atoms. The largest absolute Gasteiger partial charge is 0.494 e. The fourth-order valence-corrected chi connectivity index (χ4v) is 4.31. The summed E-state index contributed by atoms with van der Waals surface area (Å²) in [5.41, 5.74) is 0.654. The molecule has 1 atom stereocenters. The minimum absolute atomic E-state index is 0.0733. The second kappa shape index (κ2) is 7.72. The number of likely N-dealkylation sites (N-methyl/N-ethyl adjacent to an activating group) is 1. The van der Waals surface area contributed by atoms with Crippen molar-refractivity contribution in [1.29, 1.82) is 0 Å². The Labute approximate surface area is 145 Å². The molecular weight excluding hydrogens is 421 g/mol. The number of ether oxygens (including phenoxy) is 1. The second-order valence-corrected chi connectivity index (χ2v) is 7.77. The van der Waals surface area contributed by atoms with Crippen LogP contribution in [0.2, 0.25) is 0 Å². The van der Waals surface area contributed by atoms with E-state index in [0.717, 1.165) is 19.7 Å². The van der Waals surface area contributed by atoms with E-state index in [4.69, 9.17) is 4.74 Å². The van der Waals surface area contributed by atoms with E-state index in [0.29, 0.717) is 12.0 Å². The molecule has 1 aromatic heterocycles. The van der Waals surface area contributed by atoms with Crippen molar-refractivity contribution in [3.63, 3.8) is 0 Å². The normalized spacial score (nSPS) is 12.4. The van der Waals surface area contributed by atoms with Gasteiger partial charge in [-0.05, 0) is 62.5 Å². The van der Waals surface area contributed by atoms with Gasteiger partial charge in [-0.3, -0.25) is 0 Å². The van der Waals surface area contributed by atoms with E-state index < -0.39 is 0 Å². The number of halogens is 3. The van der Waals surface area contributed by atoms with Crippen molar-refractivity contribution in [2.45, 2.75) is 19.4 Å². The van der Waals surface area contributed by atoms with Gasteiger partial charge in [-0.15, -0.1) is 11.3 Å². The summed E-state index contributed by atoms with van der Waals surface area (Å²) in [5, 5.41) is 3.41. The summed E-state index contributed by atoms with van der Waals surface area (Å²) in [7, 11) is 1.48. The molecule has 1 N–H and O–H groups in total. The molecule has 1 heterocycles. The first-order chi connectivity index (χ1) is 10.1. The fraction of sp³-hybridized carbons (Fsp3) is 0.333. The highest BCUT2D eigenvalue weighted by atomic mass is 79.9. The van der Waals surface area contributed by atoms with Gasteiger partial charge in [-0.2, -0.15) is 0 Å². The van der Waals surface area contributed by atoms with Crippen LogP contribution in [0.1, 0.15) is 23.4 Å². The molecule has 2 aromatic rings. The molecule has 2 nitrogen and oxygen atoms in total. The highest BCUT2D eigenvalue weighted by Gasteiger charge is 2.18. The third kappa shape index (κ3) is 4.06. The minimum Gasteiger partial charge on any atom is -0.494 e. The average Bonchev–Trinajstić information content (AvgIpc) is 2.80. The topological polar surface area (TPSA) is 21.3 Å². The van der Waals surface area contributed by atoms with Crippen molar-refractivity contribution < 1.29 is 9.13 Å². The van der Waals surface area contributed by atoms with Gasteiger partial charge in [0.2, 0.25) is 0 Å². The van der Waals surface area contributed by atoms with Gasteiger partial charge in [0.05, 0.1) is 10.9 Å². The zero-order chi connectivity index (χ0) is 15.4. The Balaban J connectivity index is 2.28. The Bertz CT molecular complexity index is 598. The van der Waals surface area contributed by atoms with E-state index in [1.54, 1.807) is 23.5 Å². The van der Waals surface area contributed by atoms with Crippen LogP contribution in [-0.2, 0) is 6.42 Å². The lowest BCUT2D eigenvalue weighted by Crippen LogP contribution is -2.22. The van der Waals surface area contributed by atoms with Crippen molar-refractivity contribution in [2.24, 2.45) is 0 Å². The van der Waals surface area contributed by atoms with Crippen LogP contribution >= 0.6 is 43.2 Å². The van der Waals surface area contributed by atoms with Gasteiger partial charge < -0.3 is 10.1 Å². The SMILES string of the molecule is CCNC(Cc1cccc(OC)c1F)c1cc(Br)c(Br)s1. The number of methoxy groups -OCH3 is 1. The van der Waals surface area contributed by atoms with E-state index in [1.165, 1.54) is 7.11 Å². The van der Waals surface area contributed by atoms with Crippen molar-refractivity contribution >= 4 is 43.2 Å². The molecule has 0 radical (unpaired) electrons. The Morgan fingerprint density at radius 3 is 2.71 bits per heavy atom. The van der Waals surface area contributed by atoms with Crippen LogP contribution in [0.15, 0.2) is 32.5 Å². The highest BCUT2D eigenvalue weighted by molar-refractivity contribution is 9.13. The second-order valence-electron chi connectivity index (χ2n) is 4.52. The van der Waals surface area contributed by atoms with Crippen molar-refractivity contribution in [3.05, 3.63) is 48.8 Å². The van der Waals surface area contributed by atoms with E-state index >= 15 is 0 Å². The maximum atomic E-state index is 14.3. The van der Waals surface area contributed by atoms with Crippen molar-refractivity contribution in [1.82, 2.24) is 5.32 Å². The zero-order valence-electron chi connectivity index (χ0n) is 11.8. The first-order valence-corrected chi connectivity index (χ1v) is 8.96. The van der Waals surface area contributed by atoms with Gasteiger partial charge in [0.15, 0.2) is 11.6 Å². The van der Waals surface area contributed by atoms with Crippen LogP contribution in [0.3, 0.4) is 0 Å². The molecule has 0 aliphatic heterocycles. The Kier molecular flexibility index (Phi) is 6.22. The number of hydrogen-bond donors (Lipinski definition) is 1. The van der Waals surface area contributed by atoms with Crippen LogP contribution in [0.5, 0.6) is 5.75 Å². The van der Waals surface area contributed by atoms with E-state index in [9.17, 15) is 4.39 Å². The summed E-state index contributed by atoms with van der Waals surface area (Å²) in [6, 6.07) is 7.41. The lowest BCUT2D eigenvalue weighted by Gasteiger charge is -2.17. The Morgan fingerprint density at radius 2 is 2.14 bits per heavy atom. The van der Waals surface area contributed by atoms with E-state index in [2.05, 4.69) is 43.2 Å². The summed E-state index contributed by atoms with van der Waals surface area (Å²) in [4.78, 5) is 1.16. The predicted octanol–water partition coefficient (Wildman–Crippen LogP) is 5.31. The number of hydrogen-bond acceptors (Lipinski definition) is 3. The van der Waals surface area contributed by atoms with Crippen molar-refractivity contribution in [3.8, 4) is 5.75 Å². The number of rotatable bonds is 6. The van der Waals surface area contributed by atoms with Gasteiger partial charge in [0.1, 0.15) is 0 Å². The molecule has 0 spiro atoms. The molecule has 0 aliphatic carbocycles. The fourth-order valence-electron chi connectivity index (χ4n) is 2.15. The minimum atomic E-state index is -0.280. The van der Waals surface area contributed by atoms with Crippen LogP contribution in [0.25, 0.3) is 0 Å². The standard InChI is InChI=1S/C15H16Br2FNOS/c1-3-19-11(13-8-10(16)15(17)21-13)7-9-5-4-6-12(20-2)14(9)18/h4-6,8,11,19H,3,7H2,1-2H3. The van der Waals surface area contributed by atoms with Gasteiger partial charge in [-0.1, -0.05) is 19.1 Å². The third-order valence-electron chi connectivity index (χ3n) is 3.15. The van der Waals surface area contributed by atoms with Gasteiger partial charge >= 0.3 is 0 Å². The molecule has 21 heavy (non-hydrogen) atoms. The molecule has 0 aliphatic rings. The summed E-state index contributed by atoms with van der Waals surface area (Å²) < 4.78 is 21.4. The van der Waals surface area contributed by atoms with Crippen LogP contribution < -0.4 is 10.1 Å². The molecule has 0 saturated carbocycles. The van der Waals surface area contributed by atoms with Crippen LogP contribution in [0, 0.1) is 5.82 Å². The van der Waals surface area contributed by atoms with E-state index in [1.807, 2.05) is 13.0 Å². The Morgan fingerprint density at radius 1 is 1.38 bits per heavy atom. The molecule has 114 valence electrons. The lowest BCUT2D eigenvalue weighted by atomic mass is 10.0. The maximum absolute atomic E-state index is 14.3. The first-order valence-electron chi connectivity index (χ1n) is 6.56. The van der Waals surface area contributed by atoms with Crippen LogP contribution in [0.4, 0.5) is 4.39 Å². The molecule has 0 amide bonds. The highest BCUT2D eigenvalue weighted by Crippen LogP contribution is 2.37. The lowest BCUT2D eigenvalue weighted by molar-refractivity contribution is 0.382.